The van der Waals surface area contributed by atoms with E-state index in [1.54, 1.807) is 19.2 Å². The Bertz CT molecular complexity index is 388. The topological polar surface area (TPSA) is 9.23 Å². The minimum atomic E-state index is -4.25. The highest BCUT2D eigenvalue weighted by atomic mass is 28.4. The van der Waals surface area contributed by atoms with Gasteiger partial charge >= 0.3 is 6.18 Å². The van der Waals surface area contributed by atoms with Crippen LogP contribution in [-0.4, -0.2) is 15.4 Å². The fourth-order valence-electron chi connectivity index (χ4n) is 2.47. The van der Waals surface area contributed by atoms with Crippen LogP contribution in [0.3, 0.4) is 0 Å². The molecule has 0 fully saturated rings. The SMILES string of the molecule is CC[Si](CC)(CCCc1ccc(C(F)(F)F)cc1)OC. The summed E-state index contributed by atoms with van der Waals surface area (Å²) in [6.07, 6.45) is -2.45. The van der Waals surface area contributed by atoms with Crippen molar-refractivity contribution in [3.05, 3.63) is 35.4 Å². The molecule has 1 aromatic carbocycles. The molecule has 0 amide bonds. The molecule has 0 aliphatic carbocycles. The monoisotopic (exact) mass is 304 g/mol. The number of benzene rings is 1. The maximum Gasteiger partial charge on any atom is 0.416 e. The van der Waals surface area contributed by atoms with E-state index in [9.17, 15) is 13.2 Å². The van der Waals surface area contributed by atoms with Gasteiger partial charge in [0.1, 0.15) is 0 Å². The molecule has 0 spiro atoms. The van der Waals surface area contributed by atoms with E-state index in [1.807, 2.05) is 0 Å². The van der Waals surface area contributed by atoms with Gasteiger partial charge in [0.25, 0.3) is 0 Å². The highest BCUT2D eigenvalue weighted by Crippen LogP contribution is 2.29. The molecule has 0 unspecified atom stereocenters. The first-order valence-corrected chi connectivity index (χ1v) is 9.61. The minimum Gasteiger partial charge on any atom is -0.420 e. The van der Waals surface area contributed by atoms with Gasteiger partial charge in [-0.2, -0.15) is 13.2 Å². The van der Waals surface area contributed by atoms with Crippen LogP contribution in [0, 0.1) is 0 Å². The zero-order valence-corrected chi connectivity index (χ0v) is 13.4. The zero-order chi connectivity index (χ0) is 15.2. The molecule has 0 radical (unpaired) electrons. The fourth-order valence-corrected chi connectivity index (χ4v) is 5.28. The van der Waals surface area contributed by atoms with Crippen LogP contribution in [0.2, 0.25) is 18.1 Å². The molecule has 0 saturated heterocycles. The average molecular weight is 304 g/mol. The van der Waals surface area contributed by atoms with Crippen LogP contribution < -0.4 is 0 Å². The molecular formula is C15H23F3OSi. The molecule has 114 valence electrons. The first-order valence-electron chi connectivity index (χ1n) is 7.08. The Morgan fingerprint density at radius 2 is 1.60 bits per heavy atom. The molecule has 5 heteroatoms. The summed E-state index contributed by atoms with van der Waals surface area (Å²) in [7, 11) is 0.197. The second-order valence-corrected chi connectivity index (χ2v) is 9.83. The summed E-state index contributed by atoms with van der Waals surface area (Å²) in [6.45, 7) is 4.33. The third-order valence-corrected chi connectivity index (χ3v) is 8.81. The standard InChI is InChI=1S/C15H23F3OSi/c1-4-20(5-2,19-3)12-6-7-13-8-10-14(11-9-13)15(16,17)18/h8-11H,4-7,12H2,1-3H3. The fraction of sp³-hybridized carbons (Fsp3) is 0.600. The van der Waals surface area contributed by atoms with Crippen molar-refractivity contribution in [1.82, 2.24) is 0 Å². The summed E-state index contributed by atoms with van der Waals surface area (Å²) in [5, 5.41) is 0. The van der Waals surface area contributed by atoms with E-state index < -0.39 is 20.1 Å². The largest absolute Gasteiger partial charge is 0.420 e. The Hall–Kier alpha value is -0.813. The number of aryl methyl sites for hydroxylation is 1. The summed E-state index contributed by atoms with van der Waals surface area (Å²) in [6, 6.07) is 8.73. The molecular weight excluding hydrogens is 281 g/mol. The lowest BCUT2D eigenvalue weighted by Gasteiger charge is -2.27. The van der Waals surface area contributed by atoms with Crippen molar-refractivity contribution in [2.75, 3.05) is 7.11 Å². The van der Waals surface area contributed by atoms with E-state index in [4.69, 9.17) is 4.43 Å². The van der Waals surface area contributed by atoms with Gasteiger partial charge in [-0.3, -0.25) is 0 Å². The van der Waals surface area contributed by atoms with Crippen molar-refractivity contribution in [1.29, 1.82) is 0 Å². The van der Waals surface area contributed by atoms with E-state index in [0.717, 1.165) is 48.7 Å². The first kappa shape index (κ1) is 17.2. The molecule has 20 heavy (non-hydrogen) atoms. The van der Waals surface area contributed by atoms with E-state index >= 15 is 0 Å². The van der Waals surface area contributed by atoms with Gasteiger partial charge < -0.3 is 4.43 Å². The van der Waals surface area contributed by atoms with Gasteiger partial charge in [-0.05, 0) is 48.7 Å². The van der Waals surface area contributed by atoms with Gasteiger partial charge in [0, 0.05) is 7.11 Å². The highest BCUT2D eigenvalue weighted by Gasteiger charge is 2.30. The van der Waals surface area contributed by atoms with Crippen molar-refractivity contribution in [3.63, 3.8) is 0 Å². The van der Waals surface area contributed by atoms with Crippen LogP contribution in [0.25, 0.3) is 0 Å². The molecule has 0 atom stereocenters. The molecule has 1 nitrogen and oxygen atoms in total. The maximum absolute atomic E-state index is 12.5. The van der Waals surface area contributed by atoms with E-state index in [0.29, 0.717) is 0 Å². The Balaban J connectivity index is 2.54. The van der Waals surface area contributed by atoms with Gasteiger partial charge in [0.05, 0.1) is 5.56 Å². The van der Waals surface area contributed by atoms with Crippen molar-refractivity contribution >= 4 is 8.32 Å². The molecule has 0 aromatic heterocycles. The van der Waals surface area contributed by atoms with Crippen LogP contribution >= 0.6 is 0 Å². The number of rotatable bonds is 7. The molecule has 0 N–H and O–H groups in total. The van der Waals surface area contributed by atoms with Gasteiger partial charge in [0.2, 0.25) is 0 Å². The summed E-state index contributed by atoms with van der Waals surface area (Å²) in [5.74, 6) is 0. The lowest BCUT2D eigenvalue weighted by Crippen LogP contribution is -2.35. The van der Waals surface area contributed by atoms with E-state index in [1.165, 1.54) is 0 Å². The number of hydrogen-bond acceptors (Lipinski definition) is 1. The second kappa shape index (κ2) is 7.27. The highest BCUT2D eigenvalue weighted by molar-refractivity contribution is 6.73. The van der Waals surface area contributed by atoms with Gasteiger partial charge in [-0.15, -0.1) is 0 Å². The Kier molecular flexibility index (Phi) is 6.26. The van der Waals surface area contributed by atoms with Crippen LogP contribution in [0.1, 0.15) is 31.4 Å². The lowest BCUT2D eigenvalue weighted by atomic mass is 10.1. The summed E-state index contributed by atoms with van der Waals surface area (Å²) >= 11 is 0. The van der Waals surface area contributed by atoms with Crippen LogP contribution in [0.5, 0.6) is 0 Å². The smallest absolute Gasteiger partial charge is 0.416 e. The van der Waals surface area contributed by atoms with Crippen molar-refractivity contribution in [3.8, 4) is 0 Å². The van der Waals surface area contributed by atoms with Gasteiger partial charge in [0.15, 0.2) is 8.32 Å². The number of hydrogen-bond donors (Lipinski definition) is 0. The molecule has 0 heterocycles. The minimum absolute atomic E-state index is 0.580. The number of halogens is 3. The lowest BCUT2D eigenvalue weighted by molar-refractivity contribution is -0.137. The predicted molar refractivity (Wildman–Crippen MR) is 78.3 cm³/mol. The molecule has 0 bridgehead atoms. The second-order valence-electron chi connectivity index (χ2n) is 5.14. The van der Waals surface area contributed by atoms with Crippen LogP contribution in [0.15, 0.2) is 24.3 Å². The maximum atomic E-state index is 12.5. The van der Waals surface area contributed by atoms with Crippen LogP contribution in [0.4, 0.5) is 13.2 Å². The van der Waals surface area contributed by atoms with E-state index in [-0.39, 0.29) is 0 Å². The summed E-state index contributed by atoms with van der Waals surface area (Å²) < 4.78 is 43.1. The van der Waals surface area contributed by atoms with Crippen LogP contribution in [-0.2, 0) is 17.0 Å². The summed E-state index contributed by atoms with van der Waals surface area (Å²) in [4.78, 5) is 0. The third-order valence-electron chi connectivity index (χ3n) is 4.10. The third kappa shape index (κ3) is 4.63. The van der Waals surface area contributed by atoms with Crippen molar-refractivity contribution in [2.45, 2.75) is 51.0 Å². The average Bonchev–Trinajstić information content (AvgIpc) is 2.44. The summed E-state index contributed by atoms with van der Waals surface area (Å²) in [5.41, 5.74) is 0.383. The van der Waals surface area contributed by atoms with Crippen molar-refractivity contribution in [2.24, 2.45) is 0 Å². The Labute approximate surface area is 120 Å². The zero-order valence-electron chi connectivity index (χ0n) is 12.4. The first-order chi connectivity index (χ1) is 9.37. The quantitative estimate of drug-likeness (QED) is 0.624. The normalized spacial score (nSPS) is 12.7. The predicted octanol–water partition coefficient (Wildman–Crippen LogP) is 5.27. The number of alkyl halides is 3. The van der Waals surface area contributed by atoms with Gasteiger partial charge in [-0.25, -0.2) is 0 Å². The molecule has 1 rings (SSSR count). The van der Waals surface area contributed by atoms with Gasteiger partial charge in [-0.1, -0.05) is 26.0 Å². The molecule has 1 aromatic rings. The molecule has 0 saturated carbocycles. The molecule has 0 aliphatic rings. The molecule has 0 aliphatic heterocycles. The Morgan fingerprint density at radius 3 is 2.00 bits per heavy atom. The van der Waals surface area contributed by atoms with E-state index in [2.05, 4.69) is 13.8 Å². The Morgan fingerprint density at radius 1 is 1.05 bits per heavy atom. The van der Waals surface area contributed by atoms with Crippen molar-refractivity contribution < 1.29 is 17.6 Å².